The number of pyridine rings is 1. The third-order valence-electron chi connectivity index (χ3n) is 4.80. The number of sulfonamides is 1. The summed E-state index contributed by atoms with van der Waals surface area (Å²) in [5.41, 5.74) is 2.05. The molecule has 2 aliphatic rings. The quantitative estimate of drug-likeness (QED) is 0.731. The van der Waals surface area contributed by atoms with Gasteiger partial charge in [-0.1, -0.05) is 11.6 Å². The summed E-state index contributed by atoms with van der Waals surface area (Å²) in [5.74, 6) is 1.42. The molecular formula is C18H19ClN2O4S. The summed E-state index contributed by atoms with van der Waals surface area (Å²) in [7, 11) is -3.66. The maximum atomic E-state index is 13.0. The van der Waals surface area contributed by atoms with Crippen molar-refractivity contribution in [2.75, 3.05) is 19.8 Å². The predicted octanol–water partition coefficient (Wildman–Crippen LogP) is 3.20. The molecule has 0 spiro atoms. The van der Waals surface area contributed by atoms with Gasteiger partial charge in [-0.05, 0) is 48.7 Å². The van der Waals surface area contributed by atoms with E-state index in [0.29, 0.717) is 31.9 Å². The van der Waals surface area contributed by atoms with E-state index in [1.807, 2.05) is 19.1 Å². The first-order valence-corrected chi connectivity index (χ1v) is 10.3. The molecule has 4 rings (SSSR count). The summed E-state index contributed by atoms with van der Waals surface area (Å²) in [4.78, 5) is 4.05. The number of aromatic nitrogens is 1. The van der Waals surface area contributed by atoms with E-state index in [-0.39, 0.29) is 16.1 Å². The molecule has 1 aromatic heterocycles. The van der Waals surface area contributed by atoms with E-state index in [4.69, 9.17) is 21.1 Å². The van der Waals surface area contributed by atoms with Crippen molar-refractivity contribution < 1.29 is 17.9 Å². The van der Waals surface area contributed by atoms with E-state index in [1.165, 1.54) is 22.6 Å². The summed E-state index contributed by atoms with van der Waals surface area (Å²) in [6.45, 7) is 3.52. The van der Waals surface area contributed by atoms with Crippen molar-refractivity contribution in [2.24, 2.45) is 0 Å². The lowest BCUT2D eigenvalue weighted by molar-refractivity contribution is 0.296. The van der Waals surface area contributed by atoms with Gasteiger partial charge in [0, 0.05) is 25.2 Å². The highest BCUT2D eigenvalue weighted by molar-refractivity contribution is 7.89. The van der Waals surface area contributed by atoms with Crippen molar-refractivity contribution >= 4 is 21.6 Å². The SMILES string of the molecule is C[C@H]1c2cc3c(cc2CCN1S(=O)(=O)c1ccc(Cl)nc1)OCCCO3. The molecule has 0 amide bonds. The maximum Gasteiger partial charge on any atom is 0.245 e. The van der Waals surface area contributed by atoms with Crippen LogP contribution in [-0.2, 0) is 16.4 Å². The first-order valence-electron chi connectivity index (χ1n) is 8.52. The van der Waals surface area contributed by atoms with Gasteiger partial charge in [-0.3, -0.25) is 0 Å². The Morgan fingerprint density at radius 3 is 2.62 bits per heavy atom. The summed E-state index contributed by atoms with van der Waals surface area (Å²) in [5, 5.41) is 0.265. The minimum absolute atomic E-state index is 0.145. The molecule has 1 aromatic carbocycles. The fourth-order valence-corrected chi connectivity index (χ4v) is 5.10. The molecule has 0 aliphatic carbocycles. The van der Waals surface area contributed by atoms with Crippen LogP contribution in [0.3, 0.4) is 0 Å². The lowest BCUT2D eigenvalue weighted by Gasteiger charge is -2.34. The van der Waals surface area contributed by atoms with E-state index in [1.54, 1.807) is 0 Å². The second kappa shape index (κ2) is 6.72. The van der Waals surface area contributed by atoms with Crippen LogP contribution in [0.5, 0.6) is 11.5 Å². The van der Waals surface area contributed by atoms with Gasteiger partial charge in [0.25, 0.3) is 0 Å². The molecule has 0 fully saturated rings. The van der Waals surface area contributed by atoms with Crippen LogP contribution < -0.4 is 9.47 Å². The van der Waals surface area contributed by atoms with Crippen LogP contribution in [0.2, 0.25) is 5.15 Å². The average molecular weight is 395 g/mol. The molecule has 0 radical (unpaired) electrons. The van der Waals surface area contributed by atoms with Crippen LogP contribution in [0.1, 0.15) is 30.5 Å². The second-order valence-corrected chi connectivity index (χ2v) is 8.68. The zero-order valence-corrected chi connectivity index (χ0v) is 15.9. The molecule has 8 heteroatoms. The Hall–Kier alpha value is -1.83. The third-order valence-corrected chi connectivity index (χ3v) is 6.98. The average Bonchev–Trinajstić information content (AvgIpc) is 2.85. The van der Waals surface area contributed by atoms with Crippen molar-refractivity contribution in [3.8, 4) is 11.5 Å². The van der Waals surface area contributed by atoms with E-state index in [0.717, 1.165) is 23.3 Å². The number of rotatable bonds is 2. The van der Waals surface area contributed by atoms with Crippen molar-refractivity contribution in [2.45, 2.75) is 30.7 Å². The fraction of sp³-hybridized carbons (Fsp3) is 0.389. The van der Waals surface area contributed by atoms with Crippen molar-refractivity contribution in [1.82, 2.24) is 9.29 Å². The predicted molar refractivity (Wildman–Crippen MR) is 97.3 cm³/mol. The Kier molecular flexibility index (Phi) is 4.54. The van der Waals surface area contributed by atoms with Gasteiger partial charge in [-0.2, -0.15) is 4.31 Å². The van der Waals surface area contributed by atoms with Crippen LogP contribution in [0, 0.1) is 0 Å². The number of halogens is 1. The Balaban J connectivity index is 1.70. The molecule has 1 atom stereocenters. The third kappa shape index (κ3) is 3.04. The number of fused-ring (bicyclic) bond motifs is 2. The molecule has 2 aliphatic heterocycles. The molecular weight excluding hydrogens is 376 g/mol. The fourth-order valence-electron chi connectivity index (χ4n) is 3.43. The monoisotopic (exact) mass is 394 g/mol. The van der Waals surface area contributed by atoms with Crippen LogP contribution >= 0.6 is 11.6 Å². The van der Waals surface area contributed by atoms with Gasteiger partial charge in [0.15, 0.2) is 11.5 Å². The normalized spacial score (nSPS) is 20.3. The minimum atomic E-state index is -3.66. The molecule has 0 unspecified atom stereocenters. The van der Waals surface area contributed by atoms with Crippen LogP contribution in [-0.4, -0.2) is 37.5 Å². The largest absolute Gasteiger partial charge is 0.490 e. The summed E-state index contributed by atoms with van der Waals surface area (Å²) in [6.07, 6.45) is 2.75. The van der Waals surface area contributed by atoms with Gasteiger partial charge in [-0.25, -0.2) is 13.4 Å². The summed E-state index contributed by atoms with van der Waals surface area (Å²) in [6, 6.07) is 6.57. The van der Waals surface area contributed by atoms with Gasteiger partial charge in [0.2, 0.25) is 10.0 Å². The Morgan fingerprint density at radius 1 is 1.19 bits per heavy atom. The zero-order chi connectivity index (χ0) is 18.3. The summed E-state index contributed by atoms with van der Waals surface area (Å²) < 4.78 is 39.1. The minimum Gasteiger partial charge on any atom is -0.490 e. The topological polar surface area (TPSA) is 68.7 Å². The van der Waals surface area contributed by atoms with E-state index in [9.17, 15) is 8.42 Å². The molecule has 0 saturated carbocycles. The number of nitrogens with zero attached hydrogens (tertiary/aromatic N) is 2. The van der Waals surface area contributed by atoms with Gasteiger partial charge < -0.3 is 9.47 Å². The lowest BCUT2D eigenvalue weighted by atomic mass is 9.94. The highest BCUT2D eigenvalue weighted by atomic mass is 35.5. The van der Waals surface area contributed by atoms with Gasteiger partial charge in [0.05, 0.1) is 13.2 Å². The Morgan fingerprint density at radius 2 is 1.92 bits per heavy atom. The maximum absolute atomic E-state index is 13.0. The first kappa shape index (κ1) is 17.6. The number of hydrogen-bond donors (Lipinski definition) is 0. The second-order valence-electron chi connectivity index (χ2n) is 6.41. The van der Waals surface area contributed by atoms with Crippen molar-refractivity contribution in [3.63, 3.8) is 0 Å². The van der Waals surface area contributed by atoms with Gasteiger partial charge >= 0.3 is 0 Å². The highest BCUT2D eigenvalue weighted by Gasteiger charge is 2.35. The molecule has 138 valence electrons. The van der Waals surface area contributed by atoms with E-state index < -0.39 is 10.0 Å². The lowest BCUT2D eigenvalue weighted by Crippen LogP contribution is -2.38. The number of ether oxygens (including phenoxy) is 2. The molecule has 2 aromatic rings. The van der Waals surface area contributed by atoms with E-state index >= 15 is 0 Å². The van der Waals surface area contributed by atoms with Crippen LogP contribution in [0.25, 0.3) is 0 Å². The Bertz CT molecular complexity index is 931. The highest BCUT2D eigenvalue weighted by Crippen LogP contribution is 2.40. The first-order chi connectivity index (χ1) is 12.5. The van der Waals surface area contributed by atoms with Gasteiger partial charge in [0.1, 0.15) is 10.0 Å². The molecule has 26 heavy (non-hydrogen) atoms. The standard InChI is InChI=1S/C18H19ClN2O4S/c1-12-15-10-17-16(24-7-2-8-25-17)9-13(15)5-6-21(12)26(22,23)14-3-4-18(19)20-11-14/h3-4,9-12H,2,5-8H2,1H3/t12-/m0/s1. The van der Waals surface area contributed by atoms with E-state index in [2.05, 4.69) is 4.98 Å². The van der Waals surface area contributed by atoms with Crippen LogP contribution in [0.15, 0.2) is 35.4 Å². The van der Waals surface area contributed by atoms with Crippen molar-refractivity contribution in [1.29, 1.82) is 0 Å². The van der Waals surface area contributed by atoms with Gasteiger partial charge in [-0.15, -0.1) is 0 Å². The molecule has 6 nitrogen and oxygen atoms in total. The van der Waals surface area contributed by atoms with Crippen LogP contribution in [0.4, 0.5) is 0 Å². The molecule has 0 bridgehead atoms. The molecule has 0 N–H and O–H groups in total. The zero-order valence-electron chi connectivity index (χ0n) is 14.3. The Labute approximate surface area is 157 Å². The number of benzene rings is 1. The summed E-state index contributed by atoms with van der Waals surface area (Å²) >= 11 is 5.78. The smallest absolute Gasteiger partial charge is 0.245 e. The molecule has 3 heterocycles. The molecule has 0 saturated heterocycles. The number of hydrogen-bond acceptors (Lipinski definition) is 5. The van der Waals surface area contributed by atoms with Crippen molar-refractivity contribution in [3.05, 3.63) is 46.7 Å².